The van der Waals surface area contributed by atoms with Crippen LogP contribution in [0.3, 0.4) is 0 Å². The molecule has 6 nitrogen and oxygen atoms in total. The highest BCUT2D eigenvalue weighted by Crippen LogP contribution is 2.43. The number of phenolic OH excluding ortho intramolecular Hbond substituents is 1. The van der Waals surface area contributed by atoms with Crippen molar-refractivity contribution in [3.8, 4) is 5.75 Å². The molecule has 10 heteroatoms. The van der Waals surface area contributed by atoms with Gasteiger partial charge in [-0.05, 0) is 36.8 Å². The third-order valence-electron chi connectivity index (χ3n) is 3.58. The Morgan fingerprint density at radius 3 is 2.67 bits per heavy atom. The molecule has 1 heterocycles. The topological polar surface area (TPSA) is 90.8 Å². The molecule has 0 amide bonds. The molecule has 1 aliphatic heterocycles. The number of aromatic hydroxyl groups is 1. The molecule has 0 bridgehead atoms. The lowest BCUT2D eigenvalue weighted by atomic mass is 9.82. The standard InChI is InChI=1S/C14H15F3N2O4S/c1-2-23-11(21)9-10(7-4-3-5-8(20)6-7)18-12(24)19-13(9,22)14(15,16)17/h3-6,9-10,20,22H,2H2,1H3,(H2,18,19,24)/t9-,10+,13-/m1/s1. The van der Waals surface area contributed by atoms with Crippen molar-refractivity contribution < 1.29 is 32.9 Å². The van der Waals surface area contributed by atoms with Gasteiger partial charge in [-0.2, -0.15) is 13.2 Å². The lowest BCUT2D eigenvalue weighted by molar-refractivity contribution is -0.292. The number of thiocarbonyl (C=S) groups is 1. The molecule has 1 saturated heterocycles. The molecule has 132 valence electrons. The van der Waals surface area contributed by atoms with Gasteiger partial charge in [-0.15, -0.1) is 0 Å². The third kappa shape index (κ3) is 3.24. The highest BCUT2D eigenvalue weighted by molar-refractivity contribution is 7.80. The van der Waals surface area contributed by atoms with Crippen molar-refractivity contribution >= 4 is 23.3 Å². The summed E-state index contributed by atoms with van der Waals surface area (Å²) < 4.78 is 45.1. The van der Waals surface area contributed by atoms with Gasteiger partial charge < -0.3 is 25.6 Å². The predicted octanol–water partition coefficient (Wildman–Crippen LogP) is 1.34. The van der Waals surface area contributed by atoms with Crippen molar-refractivity contribution in [1.82, 2.24) is 10.6 Å². The van der Waals surface area contributed by atoms with Crippen molar-refractivity contribution in [1.29, 1.82) is 0 Å². The minimum atomic E-state index is -5.20. The monoisotopic (exact) mass is 364 g/mol. The molecule has 0 radical (unpaired) electrons. The van der Waals surface area contributed by atoms with Crippen LogP contribution in [0, 0.1) is 5.92 Å². The van der Waals surface area contributed by atoms with Crippen LogP contribution in [-0.4, -0.2) is 39.8 Å². The number of ether oxygens (including phenoxy) is 1. The summed E-state index contributed by atoms with van der Waals surface area (Å²) in [6.45, 7) is 1.27. The lowest BCUT2D eigenvalue weighted by Gasteiger charge is -2.45. The maximum atomic E-state index is 13.5. The van der Waals surface area contributed by atoms with Crippen LogP contribution in [0.2, 0.25) is 0 Å². The number of hydrogen-bond acceptors (Lipinski definition) is 5. The van der Waals surface area contributed by atoms with Crippen LogP contribution in [0.4, 0.5) is 13.2 Å². The average molecular weight is 364 g/mol. The van der Waals surface area contributed by atoms with E-state index in [-0.39, 0.29) is 17.9 Å². The van der Waals surface area contributed by atoms with Crippen LogP contribution in [0.25, 0.3) is 0 Å². The third-order valence-corrected chi connectivity index (χ3v) is 3.80. The molecular weight excluding hydrogens is 349 g/mol. The van der Waals surface area contributed by atoms with Crippen LogP contribution >= 0.6 is 12.2 Å². The van der Waals surface area contributed by atoms with Gasteiger partial charge in [0.2, 0.25) is 0 Å². The Balaban J connectivity index is 2.57. The van der Waals surface area contributed by atoms with Crippen molar-refractivity contribution in [2.75, 3.05) is 6.61 Å². The van der Waals surface area contributed by atoms with Crippen LogP contribution in [-0.2, 0) is 9.53 Å². The molecule has 0 unspecified atom stereocenters. The minimum absolute atomic E-state index is 0.138. The normalized spacial score (nSPS) is 27.1. The number of rotatable bonds is 3. The number of phenols is 1. The maximum Gasteiger partial charge on any atom is 0.437 e. The van der Waals surface area contributed by atoms with Crippen LogP contribution in [0.5, 0.6) is 5.75 Å². The molecule has 3 atom stereocenters. The number of aliphatic hydroxyl groups is 1. The summed E-state index contributed by atoms with van der Waals surface area (Å²) in [5.74, 6) is -3.55. The minimum Gasteiger partial charge on any atom is -0.508 e. The van der Waals surface area contributed by atoms with E-state index in [2.05, 4.69) is 5.32 Å². The van der Waals surface area contributed by atoms with Gasteiger partial charge in [-0.25, -0.2) is 0 Å². The molecule has 1 aliphatic rings. The van der Waals surface area contributed by atoms with E-state index >= 15 is 0 Å². The molecule has 1 aromatic carbocycles. The van der Waals surface area contributed by atoms with Crippen LogP contribution in [0.1, 0.15) is 18.5 Å². The second-order valence-corrected chi connectivity index (χ2v) is 5.57. The Morgan fingerprint density at radius 1 is 1.46 bits per heavy atom. The van der Waals surface area contributed by atoms with E-state index < -0.39 is 34.9 Å². The van der Waals surface area contributed by atoms with E-state index in [1.807, 2.05) is 0 Å². The number of hydrogen-bond donors (Lipinski definition) is 4. The quantitative estimate of drug-likeness (QED) is 0.475. The summed E-state index contributed by atoms with van der Waals surface area (Å²) in [5.41, 5.74) is -3.47. The first kappa shape index (κ1) is 18.3. The fourth-order valence-electron chi connectivity index (χ4n) is 2.53. The number of esters is 1. The van der Waals surface area contributed by atoms with E-state index in [4.69, 9.17) is 17.0 Å². The van der Waals surface area contributed by atoms with Gasteiger partial charge in [0.1, 0.15) is 11.7 Å². The Hall–Kier alpha value is -2.07. The first-order chi connectivity index (χ1) is 11.1. The zero-order chi connectivity index (χ0) is 18.1. The Morgan fingerprint density at radius 2 is 2.12 bits per heavy atom. The van der Waals surface area contributed by atoms with E-state index in [0.29, 0.717) is 0 Å². The highest BCUT2D eigenvalue weighted by Gasteiger charge is 2.66. The van der Waals surface area contributed by atoms with E-state index in [9.17, 15) is 28.2 Å². The van der Waals surface area contributed by atoms with Gasteiger partial charge in [0.25, 0.3) is 5.72 Å². The summed E-state index contributed by atoms with van der Waals surface area (Å²) in [6.07, 6.45) is -5.20. The molecule has 24 heavy (non-hydrogen) atoms. The number of halogens is 3. The molecule has 0 aromatic heterocycles. The molecule has 0 aliphatic carbocycles. The Labute approximate surface area is 140 Å². The van der Waals surface area contributed by atoms with Crippen molar-refractivity contribution in [2.45, 2.75) is 24.9 Å². The second kappa shape index (κ2) is 6.44. The number of benzene rings is 1. The first-order valence-corrected chi connectivity index (χ1v) is 7.34. The van der Waals surface area contributed by atoms with Crippen LogP contribution < -0.4 is 10.6 Å². The van der Waals surface area contributed by atoms with Crippen molar-refractivity contribution in [3.63, 3.8) is 0 Å². The van der Waals surface area contributed by atoms with Gasteiger partial charge in [0.15, 0.2) is 5.11 Å². The van der Waals surface area contributed by atoms with Gasteiger partial charge in [-0.3, -0.25) is 4.79 Å². The average Bonchev–Trinajstić information content (AvgIpc) is 2.45. The van der Waals surface area contributed by atoms with Crippen molar-refractivity contribution in [2.24, 2.45) is 5.92 Å². The van der Waals surface area contributed by atoms with Gasteiger partial charge in [0.05, 0.1) is 12.6 Å². The lowest BCUT2D eigenvalue weighted by Crippen LogP contribution is -2.73. The summed E-state index contributed by atoms with van der Waals surface area (Å²) in [7, 11) is 0. The summed E-state index contributed by atoms with van der Waals surface area (Å²) >= 11 is 4.74. The van der Waals surface area contributed by atoms with Gasteiger partial charge >= 0.3 is 12.1 Å². The summed E-state index contributed by atoms with van der Waals surface area (Å²) in [6, 6.07) is 3.93. The molecule has 0 saturated carbocycles. The fourth-order valence-corrected chi connectivity index (χ4v) is 2.82. The van der Waals surface area contributed by atoms with Crippen molar-refractivity contribution in [3.05, 3.63) is 29.8 Å². The maximum absolute atomic E-state index is 13.5. The van der Waals surface area contributed by atoms with Gasteiger partial charge in [0, 0.05) is 0 Å². The fraction of sp³-hybridized carbons (Fsp3) is 0.429. The van der Waals surface area contributed by atoms with E-state index in [0.717, 1.165) is 0 Å². The van der Waals surface area contributed by atoms with E-state index in [1.54, 1.807) is 5.32 Å². The van der Waals surface area contributed by atoms with Crippen LogP contribution in [0.15, 0.2) is 24.3 Å². The molecular formula is C14H15F3N2O4S. The number of carbonyl (C=O) groups excluding carboxylic acids is 1. The number of carbonyl (C=O) groups is 1. The predicted molar refractivity (Wildman–Crippen MR) is 80.8 cm³/mol. The molecule has 1 fully saturated rings. The molecule has 2 rings (SSSR count). The zero-order valence-corrected chi connectivity index (χ0v) is 13.2. The molecule has 1 aromatic rings. The smallest absolute Gasteiger partial charge is 0.437 e. The largest absolute Gasteiger partial charge is 0.508 e. The molecule has 0 spiro atoms. The zero-order valence-electron chi connectivity index (χ0n) is 12.4. The van der Waals surface area contributed by atoms with Gasteiger partial charge in [-0.1, -0.05) is 12.1 Å². The second-order valence-electron chi connectivity index (χ2n) is 5.16. The SMILES string of the molecule is CCOC(=O)[C@H]1[C@H](c2cccc(O)c2)NC(=S)N[C@]1(O)C(F)(F)F. The van der Waals surface area contributed by atoms with E-state index in [1.165, 1.54) is 31.2 Å². The highest BCUT2D eigenvalue weighted by atomic mass is 32.1. The molecule has 4 N–H and O–H groups in total. The Kier molecular flexibility index (Phi) is 4.90. The summed E-state index contributed by atoms with van der Waals surface area (Å²) in [4.78, 5) is 12.2. The number of alkyl halides is 3. The number of nitrogens with one attached hydrogen (secondary N) is 2. The first-order valence-electron chi connectivity index (χ1n) is 6.93. The Bertz CT molecular complexity index is 655. The summed E-state index contributed by atoms with van der Waals surface area (Å²) in [5, 5.41) is 23.5.